The molecule has 0 aliphatic carbocycles. The lowest BCUT2D eigenvalue weighted by atomic mass is 10.0. The lowest BCUT2D eigenvalue weighted by molar-refractivity contribution is 0.364. The maximum Gasteiger partial charge on any atom is 0.165 e. The molecule has 0 aromatic heterocycles. The van der Waals surface area contributed by atoms with Gasteiger partial charge >= 0.3 is 0 Å². The first-order chi connectivity index (χ1) is 6.83. The summed E-state index contributed by atoms with van der Waals surface area (Å²) in [5.74, 6) is 0.825. The average Bonchev–Trinajstić information content (AvgIpc) is 2.70. The number of methoxy groups -OCH3 is 1. The minimum Gasteiger partial charge on any atom is -0.504 e. The number of benzene rings is 1. The molecule has 1 atom stereocenters. The quantitative estimate of drug-likeness (QED) is 0.752. The van der Waals surface area contributed by atoms with E-state index in [0.717, 1.165) is 18.5 Å². The van der Waals surface area contributed by atoms with Crippen molar-refractivity contribution in [2.24, 2.45) is 0 Å². The monoisotopic (exact) mass is 193 g/mol. The fraction of sp³-hybridized carbons (Fsp3) is 0.455. The van der Waals surface area contributed by atoms with Crippen molar-refractivity contribution in [3.63, 3.8) is 0 Å². The fourth-order valence-corrected chi connectivity index (χ4v) is 1.99. The van der Waals surface area contributed by atoms with Gasteiger partial charge in [0, 0.05) is 11.6 Å². The van der Waals surface area contributed by atoms with E-state index in [1.54, 1.807) is 13.2 Å². The third-order valence-corrected chi connectivity index (χ3v) is 2.66. The zero-order chi connectivity index (χ0) is 9.97. The highest BCUT2D eigenvalue weighted by atomic mass is 16.5. The van der Waals surface area contributed by atoms with Gasteiger partial charge in [-0.2, -0.15) is 0 Å². The summed E-state index contributed by atoms with van der Waals surface area (Å²) >= 11 is 0. The number of para-hydroxylation sites is 1. The smallest absolute Gasteiger partial charge is 0.165 e. The van der Waals surface area contributed by atoms with Crippen molar-refractivity contribution in [3.8, 4) is 11.5 Å². The first-order valence-corrected chi connectivity index (χ1v) is 4.92. The topological polar surface area (TPSA) is 41.5 Å². The van der Waals surface area contributed by atoms with Crippen molar-refractivity contribution in [1.29, 1.82) is 0 Å². The van der Waals surface area contributed by atoms with Crippen molar-refractivity contribution >= 4 is 0 Å². The van der Waals surface area contributed by atoms with Crippen LogP contribution < -0.4 is 10.1 Å². The third-order valence-electron chi connectivity index (χ3n) is 2.66. The Hall–Kier alpha value is -1.22. The van der Waals surface area contributed by atoms with Crippen molar-refractivity contribution in [2.75, 3.05) is 13.7 Å². The van der Waals surface area contributed by atoms with Crippen LogP contribution in [0.3, 0.4) is 0 Å². The minimum absolute atomic E-state index is 0.221. The summed E-state index contributed by atoms with van der Waals surface area (Å²) < 4.78 is 5.20. The molecule has 0 saturated carbocycles. The van der Waals surface area contributed by atoms with Crippen LogP contribution in [0.25, 0.3) is 0 Å². The van der Waals surface area contributed by atoms with Gasteiger partial charge in [0.1, 0.15) is 0 Å². The Kier molecular flexibility index (Phi) is 2.59. The molecule has 2 rings (SSSR count). The van der Waals surface area contributed by atoms with Crippen LogP contribution in [0, 0.1) is 0 Å². The first-order valence-electron chi connectivity index (χ1n) is 4.92. The third kappa shape index (κ3) is 1.55. The van der Waals surface area contributed by atoms with Crippen LogP contribution in [0.15, 0.2) is 18.2 Å². The number of hydrogen-bond donors (Lipinski definition) is 2. The molecule has 1 aromatic rings. The Morgan fingerprint density at radius 3 is 3.00 bits per heavy atom. The molecule has 3 nitrogen and oxygen atoms in total. The van der Waals surface area contributed by atoms with Gasteiger partial charge in [0.25, 0.3) is 0 Å². The van der Waals surface area contributed by atoms with Gasteiger partial charge in [-0.3, -0.25) is 0 Å². The molecule has 0 amide bonds. The van der Waals surface area contributed by atoms with E-state index in [4.69, 9.17) is 4.74 Å². The Balaban J connectivity index is 2.35. The molecular weight excluding hydrogens is 178 g/mol. The summed E-state index contributed by atoms with van der Waals surface area (Å²) in [5.41, 5.74) is 1.06. The number of phenols is 1. The lowest BCUT2D eigenvalue weighted by Crippen LogP contribution is -2.13. The standard InChI is InChI=1S/C11H15NO2/c1-14-11-8(4-2-6-10(11)13)9-5-3-7-12-9/h2,4,6,9,12-13H,3,5,7H2,1H3. The van der Waals surface area contributed by atoms with Gasteiger partial charge in [0.05, 0.1) is 7.11 Å². The summed E-state index contributed by atoms with van der Waals surface area (Å²) in [6, 6.07) is 5.84. The molecule has 1 aliphatic rings. The Morgan fingerprint density at radius 1 is 1.50 bits per heavy atom. The van der Waals surface area contributed by atoms with E-state index in [0.29, 0.717) is 11.8 Å². The van der Waals surface area contributed by atoms with Crippen LogP contribution in [-0.4, -0.2) is 18.8 Å². The van der Waals surface area contributed by atoms with Crippen LogP contribution in [0.4, 0.5) is 0 Å². The van der Waals surface area contributed by atoms with Crippen LogP contribution in [0.2, 0.25) is 0 Å². The van der Waals surface area contributed by atoms with Gasteiger partial charge < -0.3 is 15.2 Å². The van der Waals surface area contributed by atoms with Gasteiger partial charge in [0.2, 0.25) is 0 Å². The zero-order valence-corrected chi connectivity index (χ0v) is 8.29. The van der Waals surface area contributed by atoms with Gasteiger partial charge in [-0.1, -0.05) is 12.1 Å². The summed E-state index contributed by atoms with van der Waals surface area (Å²) in [6.45, 7) is 1.05. The van der Waals surface area contributed by atoms with Crippen LogP contribution in [0.1, 0.15) is 24.4 Å². The number of phenolic OH excluding ortho intramolecular Hbond substituents is 1. The molecule has 14 heavy (non-hydrogen) atoms. The molecule has 76 valence electrons. The predicted octanol–water partition coefficient (Wildman–Crippen LogP) is 1.83. The Labute approximate surface area is 83.7 Å². The molecule has 1 heterocycles. The maximum absolute atomic E-state index is 9.60. The summed E-state index contributed by atoms with van der Waals surface area (Å²) in [7, 11) is 1.59. The highest BCUT2D eigenvalue weighted by Gasteiger charge is 2.21. The largest absolute Gasteiger partial charge is 0.504 e. The zero-order valence-electron chi connectivity index (χ0n) is 8.29. The van der Waals surface area contributed by atoms with Crippen molar-refractivity contribution < 1.29 is 9.84 Å². The molecule has 0 bridgehead atoms. The normalized spacial score (nSPS) is 21.1. The average molecular weight is 193 g/mol. The number of ether oxygens (including phenoxy) is 1. The maximum atomic E-state index is 9.60. The van der Waals surface area contributed by atoms with E-state index in [2.05, 4.69) is 5.32 Å². The summed E-state index contributed by atoms with van der Waals surface area (Å²) in [6.07, 6.45) is 2.29. The van der Waals surface area contributed by atoms with E-state index in [9.17, 15) is 5.11 Å². The van der Waals surface area contributed by atoms with Crippen molar-refractivity contribution in [3.05, 3.63) is 23.8 Å². The molecule has 3 heteroatoms. The van der Waals surface area contributed by atoms with Gasteiger partial charge in [-0.15, -0.1) is 0 Å². The van der Waals surface area contributed by atoms with Crippen LogP contribution in [-0.2, 0) is 0 Å². The Morgan fingerprint density at radius 2 is 2.36 bits per heavy atom. The summed E-state index contributed by atoms with van der Waals surface area (Å²) in [4.78, 5) is 0. The minimum atomic E-state index is 0.221. The molecule has 1 fully saturated rings. The van der Waals surface area contributed by atoms with Crippen LogP contribution in [0.5, 0.6) is 11.5 Å². The fourth-order valence-electron chi connectivity index (χ4n) is 1.99. The van der Waals surface area contributed by atoms with E-state index in [1.165, 1.54) is 6.42 Å². The highest BCUT2D eigenvalue weighted by molar-refractivity contribution is 5.47. The molecule has 0 radical (unpaired) electrons. The number of aromatic hydroxyl groups is 1. The van der Waals surface area contributed by atoms with E-state index < -0.39 is 0 Å². The second kappa shape index (κ2) is 3.88. The lowest BCUT2D eigenvalue weighted by Gasteiger charge is -2.15. The van der Waals surface area contributed by atoms with Gasteiger partial charge in [-0.25, -0.2) is 0 Å². The second-order valence-electron chi connectivity index (χ2n) is 3.55. The van der Waals surface area contributed by atoms with Crippen molar-refractivity contribution in [1.82, 2.24) is 5.32 Å². The van der Waals surface area contributed by atoms with E-state index in [-0.39, 0.29) is 5.75 Å². The molecule has 2 N–H and O–H groups in total. The molecule has 1 saturated heterocycles. The number of rotatable bonds is 2. The SMILES string of the molecule is COc1c(O)cccc1C1CCCN1. The Bertz CT molecular complexity index is 319. The van der Waals surface area contributed by atoms with Gasteiger partial charge in [0.15, 0.2) is 11.5 Å². The predicted molar refractivity (Wildman–Crippen MR) is 54.6 cm³/mol. The molecule has 1 aromatic carbocycles. The molecule has 0 spiro atoms. The second-order valence-corrected chi connectivity index (χ2v) is 3.55. The number of nitrogens with one attached hydrogen (secondary N) is 1. The molecule has 1 unspecified atom stereocenters. The van der Waals surface area contributed by atoms with E-state index in [1.807, 2.05) is 12.1 Å². The van der Waals surface area contributed by atoms with Crippen LogP contribution >= 0.6 is 0 Å². The highest BCUT2D eigenvalue weighted by Crippen LogP contribution is 2.36. The molecular formula is C11H15NO2. The molecule has 1 aliphatic heterocycles. The van der Waals surface area contributed by atoms with Gasteiger partial charge in [-0.05, 0) is 25.5 Å². The first kappa shape index (κ1) is 9.34. The van der Waals surface area contributed by atoms with Crippen molar-refractivity contribution in [2.45, 2.75) is 18.9 Å². The summed E-state index contributed by atoms with van der Waals surface area (Å²) in [5, 5.41) is 13.0. The van der Waals surface area contributed by atoms with E-state index >= 15 is 0 Å². The number of hydrogen-bond acceptors (Lipinski definition) is 3.